The Hall–Kier alpha value is -2.37. The lowest BCUT2D eigenvalue weighted by atomic mass is 10.0. The first kappa shape index (κ1) is 16.1. The summed E-state index contributed by atoms with van der Waals surface area (Å²) >= 11 is 12.1. The van der Waals surface area contributed by atoms with E-state index in [0.29, 0.717) is 22.3 Å². The van der Waals surface area contributed by atoms with Crippen LogP contribution in [0.4, 0.5) is 5.69 Å². The highest BCUT2D eigenvalue weighted by Gasteiger charge is 2.33. The van der Waals surface area contributed by atoms with E-state index >= 15 is 0 Å². The van der Waals surface area contributed by atoms with Crippen LogP contribution >= 0.6 is 23.2 Å². The molecule has 1 atom stereocenters. The molecular formula is C18H14Cl2N4O. The van der Waals surface area contributed by atoms with Crippen molar-refractivity contribution in [3.8, 4) is 11.1 Å². The van der Waals surface area contributed by atoms with Gasteiger partial charge in [-0.3, -0.25) is 14.5 Å². The lowest BCUT2D eigenvalue weighted by Crippen LogP contribution is -2.42. The molecule has 1 aromatic carbocycles. The minimum absolute atomic E-state index is 0.0396. The van der Waals surface area contributed by atoms with Crippen LogP contribution < -0.4 is 4.90 Å². The average molecular weight is 373 g/mol. The third-order valence-corrected chi connectivity index (χ3v) is 5.05. The molecule has 3 heterocycles. The molecule has 4 rings (SSSR count). The van der Waals surface area contributed by atoms with E-state index in [1.807, 2.05) is 19.1 Å². The second-order valence-electron chi connectivity index (χ2n) is 5.95. The molecule has 3 aromatic rings. The molecule has 25 heavy (non-hydrogen) atoms. The molecule has 0 saturated heterocycles. The molecule has 5 nitrogen and oxygen atoms in total. The van der Waals surface area contributed by atoms with Crippen LogP contribution in [-0.2, 0) is 0 Å². The molecule has 126 valence electrons. The Kier molecular flexibility index (Phi) is 3.98. The average Bonchev–Trinajstić information content (AvgIpc) is 3.07. The SMILES string of the molecule is C[C@H]1CN(c2ccc(Cl)c(Cl)c2)C(=O)c2c(-c3ccncc3)cnn21. The van der Waals surface area contributed by atoms with Gasteiger partial charge in [0.15, 0.2) is 0 Å². The monoisotopic (exact) mass is 372 g/mol. The van der Waals surface area contributed by atoms with Crippen molar-refractivity contribution < 1.29 is 4.79 Å². The van der Waals surface area contributed by atoms with Gasteiger partial charge in [-0.15, -0.1) is 0 Å². The van der Waals surface area contributed by atoms with Crippen LogP contribution in [0.3, 0.4) is 0 Å². The lowest BCUT2D eigenvalue weighted by Gasteiger charge is -2.32. The molecule has 0 N–H and O–H groups in total. The quantitative estimate of drug-likeness (QED) is 0.666. The molecule has 1 aliphatic rings. The second kappa shape index (κ2) is 6.17. The summed E-state index contributed by atoms with van der Waals surface area (Å²) in [6.45, 7) is 2.55. The Morgan fingerprint density at radius 1 is 1.12 bits per heavy atom. The molecule has 2 aromatic heterocycles. The van der Waals surface area contributed by atoms with Gasteiger partial charge in [-0.1, -0.05) is 23.2 Å². The predicted octanol–water partition coefficient (Wildman–Crippen LogP) is 4.47. The smallest absolute Gasteiger partial charge is 0.277 e. The van der Waals surface area contributed by atoms with E-state index in [2.05, 4.69) is 10.1 Å². The van der Waals surface area contributed by atoms with Crippen molar-refractivity contribution in [1.82, 2.24) is 14.8 Å². The van der Waals surface area contributed by atoms with Crippen molar-refractivity contribution in [1.29, 1.82) is 0 Å². The van der Waals surface area contributed by atoms with Crippen molar-refractivity contribution in [2.24, 2.45) is 0 Å². The summed E-state index contributed by atoms with van der Waals surface area (Å²) in [7, 11) is 0. The number of pyridine rings is 1. The summed E-state index contributed by atoms with van der Waals surface area (Å²) < 4.78 is 1.78. The van der Waals surface area contributed by atoms with E-state index in [1.165, 1.54) is 0 Å². The van der Waals surface area contributed by atoms with Crippen LogP contribution in [0.2, 0.25) is 10.0 Å². The van der Waals surface area contributed by atoms with Gasteiger partial charge in [0, 0.05) is 30.2 Å². The third kappa shape index (κ3) is 2.69. The Morgan fingerprint density at radius 3 is 2.60 bits per heavy atom. The minimum Gasteiger partial charge on any atom is -0.305 e. The molecule has 0 aliphatic carbocycles. The van der Waals surface area contributed by atoms with Crippen LogP contribution in [0.5, 0.6) is 0 Å². The Bertz CT molecular complexity index is 955. The molecule has 0 fully saturated rings. The topological polar surface area (TPSA) is 51.0 Å². The molecule has 0 saturated carbocycles. The first-order valence-corrected chi connectivity index (χ1v) is 8.56. The molecule has 1 aliphatic heterocycles. The Balaban J connectivity index is 1.81. The van der Waals surface area contributed by atoms with Crippen LogP contribution in [0.15, 0.2) is 48.9 Å². The molecule has 1 amide bonds. The first-order chi connectivity index (χ1) is 12.1. The fraction of sp³-hybridized carbons (Fsp3) is 0.167. The number of aromatic nitrogens is 3. The third-order valence-electron chi connectivity index (χ3n) is 4.31. The number of carbonyl (C=O) groups is 1. The van der Waals surface area contributed by atoms with Crippen molar-refractivity contribution >= 4 is 34.8 Å². The number of carbonyl (C=O) groups excluding carboxylic acids is 1. The van der Waals surface area contributed by atoms with Crippen LogP contribution in [0.1, 0.15) is 23.5 Å². The van der Waals surface area contributed by atoms with Crippen LogP contribution in [0.25, 0.3) is 11.1 Å². The number of benzene rings is 1. The van der Waals surface area contributed by atoms with Crippen molar-refractivity contribution in [2.45, 2.75) is 13.0 Å². The zero-order valence-corrected chi connectivity index (χ0v) is 14.9. The van der Waals surface area contributed by atoms with Gasteiger partial charge in [0.2, 0.25) is 0 Å². The van der Waals surface area contributed by atoms with Gasteiger partial charge in [0.25, 0.3) is 5.91 Å². The minimum atomic E-state index is -0.110. The number of nitrogens with zero attached hydrogens (tertiary/aromatic N) is 4. The van der Waals surface area contributed by atoms with Crippen LogP contribution in [-0.4, -0.2) is 27.2 Å². The van der Waals surface area contributed by atoms with E-state index in [1.54, 1.807) is 46.4 Å². The van der Waals surface area contributed by atoms with Gasteiger partial charge in [-0.05, 0) is 42.8 Å². The highest BCUT2D eigenvalue weighted by Crippen LogP contribution is 2.34. The predicted molar refractivity (Wildman–Crippen MR) is 98.3 cm³/mol. The van der Waals surface area contributed by atoms with Gasteiger partial charge in [-0.2, -0.15) is 5.10 Å². The largest absolute Gasteiger partial charge is 0.305 e. The number of anilines is 1. The van der Waals surface area contributed by atoms with Gasteiger partial charge in [0.1, 0.15) is 5.69 Å². The maximum Gasteiger partial charge on any atom is 0.277 e. The summed E-state index contributed by atoms with van der Waals surface area (Å²) in [5.41, 5.74) is 2.99. The van der Waals surface area contributed by atoms with Crippen molar-refractivity contribution in [2.75, 3.05) is 11.4 Å². The normalized spacial score (nSPS) is 16.8. The van der Waals surface area contributed by atoms with E-state index < -0.39 is 0 Å². The fourth-order valence-corrected chi connectivity index (χ4v) is 3.37. The number of amides is 1. The number of rotatable bonds is 2. The van der Waals surface area contributed by atoms with E-state index in [4.69, 9.17) is 23.2 Å². The summed E-state index contributed by atoms with van der Waals surface area (Å²) in [6.07, 6.45) is 5.14. The van der Waals surface area contributed by atoms with Gasteiger partial charge < -0.3 is 4.90 Å². The van der Waals surface area contributed by atoms with E-state index in [-0.39, 0.29) is 11.9 Å². The van der Waals surface area contributed by atoms with Gasteiger partial charge >= 0.3 is 0 Å². The maximum absolute atomic E-state index is 13.2. The van der Waals surface area contributed by atoms with E-state index in [0.717, 1.165) is 16.8 Å². The first-order valence-electron chi connectivity index (χ1n) is 7.81. The highest BCUT2D eigenvalue weighted by atomic mass is 35.5. The number of halogens is 2. The van der Waals surface area contributed by atoms with Gasteiger partial charge in [0.05, 0.1) is 22.3 Å². The zero-order valence-electron chi connectivity index (χ0n) is 13.4. The lowest BCUT2D eigenvalue weighted by molar-refractivity contribution is 0.0954. The molecule has 0 unspecified atom stereocenters. The number of hydrogen-bond donors (Lipinski definition) is 0. The van der Waals surface area contributed by atoms with E-state index in [9.17, 15) is 4.79 Å². The summed E-state index contributed by atoms with van der Waals surface area (Å²) in [5, 5.41) is 5.31. The fourth-order valence-electron chi connectivity index (χ4n) is 3.08. The number of fused-ring (bicyclic) bond motifs is 1. The Labute approximate surface area is 154 Å². The van der Waals surface area contributed by atoms with Crippen molar-refractivity contribution in [3.63, 3.8) is 0 Å². The zero-order chi connectivity index (χ0) is 17.6. The van der Waals surface area contributed by atoms with Crippen molar-refractivity contribution in [3.05, 3.63) is 64.7 Å². The molecule has 0 spiro atoms. The molecule has 0 radical (unpaired) electrons. The Morgan fingerprint density at radius 2 is 1.88 bits per heavy atom. The summed E-state index contributed by atoms with van der Waals surface area (Å²) in [4.78, 5) is 18.9. The maximum atomic E-state index is 13.2. The number of hydrogen-bond acceptors (Lipinski definition) is 3. The molecular weight excluding hydrogens is 359 g/mol. The molecule has 7 heteroatoms. The highest BCUT2D eigenvalue weighted by molar-refractivity contribution is 6.42. The summed E-state index contributed by atoms with van der Waals surface area (Å²) in [5.74, 6) is -0.110. The summed E-state index contributed by atoms with van der Waals surface area (Å²) in [6, 6.07) is 9.00. The second-order valence-corrected chi connectivity index (χ2v) is 6.76. The standard InChI is InChI=1S/C18H14Cl2N4O/c1-11-10-23(13-2-3-15(19)16(20)8-13)18(25)17-14(9-22-24(11)17)12-4-6-21-7-5-12/h2-9,11H,10H2,1H3/t11-/m0/s1. The molecule has 0 bridgehead atoms. The van der Waals surface area contributed by atoms with Gasteiger partial charge in [-0.25, -0.2) is 0 Å². The van der Waals surface area contributed by atoms with Crippen LogP contribution in [0, 0.1) is 0 Å².